The molecule has 2 rings (SSSR count). The summed E-state index contributed by atoms with van der Waals surface area (Å²) in [6, 6.07) is 10.5. The monoisotopic (exact) mass is 289 g/mol. The number of aryl methyl sites for hydroxylation is 3. The number of rotatable bonds is 5. The van der Waals surface area contributed by atoms with E-state index in [2.05, 4.69) is 52.0 Å². The van der Waals surface area contributed by atoms with Crippen LogP contribution in [0.2, 0.25) is 0 Å². The molecule has 0 aliphatic rings. The van der Waals surface area contributed by atoms with Crippen molar-refractivity contribution in [2.24, 2.45) is 5.73 Å². The van der Waals surface area contributed by atoms with E-state index in [0.29, 0.717) is 0 Å². The van der Waals surface area contributed by atoms with E-state index >= 15 is 0 Å². The van der Waals surface area contributed by atoms with Gasteiger partial charge in [0, 0.05) is 15.8 Å². The normalized spacial score (nSPS) is 14.1. The van der Waals surface area contributed by atoms with Crippen LogP contribution in [0.5, 0.6) is 5.75 Å². The van der Waals surface area contributed by atoms with E-state index < -0.39 is 0 Å². The number of nitrogens with two attached hydrogens (primary N) is 1. The fourth-order valence-electron chi connectivity index (χ4n) is 2.25. The van der Waals surface area contributed by atoms with Crippen LogP contribution in [0.3, 0.4) is 0 Å². The largest absolute Gasteiger partial charge is 0.483 e. The zero-order chi connectivity index (χ0) is 14.7. The molecule has 1 aromatic heterocycles. The molecular formula is C17H23NOS. The van der Waals surface area contributed by atoms with Crippen LogP contribution >= 0.6 is 11.3 Å². The van der Waals surface area contributed by atoms with Gasteiger partial charge in [0.2, 0.25) is 0 Å². The molecule has 0 amide bonds. The van der Waals surface area contributed by atoms with Crippen LogP contribution in [0, 0.1) is 20.8 Å². The van der Waals surface area contributed by atoms with Crippen LogP contribution in [0.15, 0.2) is 30.3 Å². The molecule has 0 radical (unpaired) electrons. The maximum atomic E-state index is 6.27. The first kappa shape index (κ1) is 15.1. The second-order valence-electron chi connectivity index (χ2n) is 5.33. The third-order valence-corrected chi connectivity index (χ3v) is 4.55. The predicted octanol–water partition coefficient (Wildman–Crippen LogP) is 4.53. The van der Waals surface area contributed by atoms with Crippen LogP contribution < -0.4 is 10.5 Å². The van der Waals surface area contributed by atoms with Crippen LogP contribution in [-0.4, -0.2) is 6.04 Å². The summed E-state index contributed by atoms with van der Waals surface area (Å²) >= 11 is 1.76. The van der Waals surface area contributed by atoms with Crippen molar-refractivity contribution in [1.82, 2.24) is 0 Å². The highest BCUT2D eigenvalue weighted by Gasteiger charge is 2.22. The van der Waals surface area contributed by atoms with Gasteiger partial charge in [-0.3, -0.25) is 0 Å². The van der Waals surface area contributed by atoms with Gasteiger partial charge in [-0.1, -0.05) is 24.6 Å². The SMILES string of the molecule is CCC(N)C(Oc1ccc(C)cc1C)c1ccc(C)s1. The van der Waals surface area contributed by atoms with Gasteiger partial charge >= 0.3 is 0 Å². The van der Waals surface area contributed by atoms with Crippen LogP contribution in [0.25, 0.3) is 0 Å². The van der Waals surface area contributed by atoms with Gasteiger partial charge in [0.15, 0.2) is 0 Å². The van der Waals surface area contributed by atoms with Gasteiger partial charge in [0.25, 0.3) is 0 Å². The van der Waals surface area contributed by atoms with Crippen molar-refractivity contribution in [3.8, 4) is 5.75 Å². The van der Waals surface area contributed by atoms with Gasteiger partial charge in [-0.2, -0.15) is 0 Å². The molecule has 2 nitrogen and oxygen atoms in total. The molecule has 0 bridgehead atoms. The van der Waals surface area contributed by atoms with Gasteiger partial charge in [0.1, 0.15) is 11.9 Å². The molecule has 0 aliphatic carbocycles. The second-order valence-corrected chi connectivity index (χ2v) is 6.65. The second kappa shape index (κ2) is 6.42. The van der Waals surface area contributed by atoms with E-state index in [1.54, 1.807) is 11.3 Å². The van der Waals surface area contributed by atoms with Crippen molar-refractivity contribution in [2.75, 3.05) is 0 Å². The first-order valence-corrected chi connectivity index (χ1v) is 7.88. The quantitative estimate of drug-likeness (QED) is 0.877. The molecule has 2 atom stereocenters. The van der Waals surface area contributed by atoms with E-state index in [1.807, 2.05) is 6.07 Å². The Kier molecular flexibility index (Phi) is 4.84. The summed E-state index contributed by atoms with van der Waals surface area (Å²) < 4.78 is 6.24. The Hall–Kier alpha value is -1.32. The highest BCUT2D eigenvalue weighted by Crippen LogP contribution is 2.32. The molecule has 0 saturated carbocycles. The van der Waals surface area contributed by atoms with Crippen molar-refractivity contribution < 1.29 is 4.74 Å². The topological polar surface area (TPSA) is 35.2 Å². The summed E-state index contributed by atoms with van der Waals surface area (Å²) in [5.41, 5.74) is 8.68. The van der Waals surface area contributed by atoms with E-state index in [-0.39, 0.29) is 12.1 Å². The lowest BCUT2D eigenvalue weighted by atomic mass is 10.1. The number of hydrogen-bond acceptors (Lipinski definition) is 3. The number of benzene rings is 1. The number of ether oxygens (including phenoxy) is 1. The van der Waals surface area contributed by atoms with Crippen LogP contribution in [0.1, 0.15) is 40.3 Å². The molecule has 0 saturated heterocycles. The average Bonchev–Trinajstić information content (AvgIpc) is 2.83. The number of hydrogen-bond donors (Lipinski definition) is 1. The Morgan fingerprint density at radius 3 is 2.45 bits per heavy atom. The smallest absolute Gasteiger partial charge is 0.148 e. The van der Waals surface area contributed by atoms with Gasteiger partial charge in [-0.05, 0) is 51.0 Å². The van der Waals surface area contributed by atoms with Crippen molar-refractivity contribution in [1.29, 1.82) is 0 Å². The fourth-order valence-corrected chi connectivity index (χ4v) is 3.23. The van der Waals surface area contributed by atoms with E-state index in [9.17, 15) is 0 Å². The van der Waals surface area contributed by atoms with Gasteiger partial charge < -0.3 is 10.5 Å². The van der Waals surface area contributed by atoms with Crippen molar-refractivity contribution in [3.05, 3.63) is 51.2 Å². The van der Waals surface area contributed by atoms with Gasteiger partial charge in [-0.25, -0.2) is 0 Å². The van der Waals surface area contributed by atoms with Gasteiger partial charge in [-0.15, -0.1) is 11.3 Å². The highest BCUT2D eigenvalue weighted by atomic mass is 32.1. The Morgan fingerprint density at radius 2 is 1.90 bits per heavy atom. The Labute approximate surface area is 125 Å². The highest BCUT2D eigenvalue weighted by molar-refractivity contribution is 7.12. The Morgan fingerprint density at radius 1 is 1.15 bits per heavy atom. The maximum Gasteiger partial charge on any atom is 0.148 e. The van der Waals surface area contributed by atoms with Crippen LogP contribution in [-0.2, 0) is 0 Å². The molecule has 108 valence electrons. The minimum atomic E-state index is -0.0693. The van der Waals surface area contributed by atoms with Crippen molar-refractivity contribution >= 4 is 11.3 Å². The molecule has 2 unspecified atom stereocenters. The number of thiophene rings is 1. The summed E-state index contributed by atoms with van der Waals surface area (Å²) in [6.07, 6.45) is 0.826. The minimum Gasteiger partial charge on any atom is -0.483 e. The summed E-state index contributed by atoms with van der Waals surface area (Å²) in [4.78, 5) is 2.49. The lowest BCUT2D eigenvalue weighted by Crippen LogP contribution is -2.31. The van der Waals surface area contributed by atoms with Crippen molar-refractivity contribution in [2.45, 2.75) is 46.3 Å². The summed E-state index contributed by atoms with van der Waals surface area (Å²) in [5, 5.41) is 0. The summed E-state index contributed by atoms with van der Waals surface area (Å²) in [7, 11) is 0. The molecule has 20 heavy (non-hydrogen) atoms. The summed E-state index contributed by atoms with van der Waals surface area (Å²) in [5.74, 6) is 0.926. The summed E-state index contributed by atoms with van der Waals surface area (Å²) in [6.45, 7) is 8.38. The zero-order valence-electron chi connectivity index (χ0n) is 12.6. The molecule has 0 spiro atoms. The third kappa shape index (κ3) is 3.41. The lowest BCUT2D eigenvalue weighted by Gasteiger charge is -2.24. The first-order chi connectivity index (χ1) is 9.51. The Bertz CT molecular complexity index is 576. The van der Waals surface area contributed by atoms with E-state index in [1.165, 1.54) is 15.3 Å². The predicted molar refractivity (Wildman–Crippen MR) is 86.6 cm³/mol. The molecule has 2 aromatic rings. The van der Waals surface area contributed by atoms with E-state index in [0.717, 1.165) is 17.7 Å². The molecule has 2 N–H and O–H groups in total. The molecule has 3 heteroatoms. The maximum absolute atomic E-state index is 6.27. The molecule has 0 aliphatic heterocycles. The molecule has 1 heterocycles. The molecular weight excluding hydrogens is 266 g/mol. The van der Waals surface area contributed by atoms with Crippen molar-refractivity contribution in [3.63, 3.8) is 0 Å². The average molecular weight is 289 g/mol. The fraction of sp³-hybridized carbons (Fsp3) is 0.412. The third-order valence-electron chi connectivity index (χ3n) is 3.49. The molecule has 1 aromatic carbocycles. The molecule has 0 fully saturated rings. The van der Waals surface area contributed by atoms with Gasteiger partial charge in [0.05, 0.1) is 0 Å². The zero-order valence-corrected chi connectivity index (χ0v) is 13.5. The first-order valence-electron chi connectivity index (χ1n) is 7.07. The standard InChI is InChI=1S/C17H23NOS/c1-5-14(18)17(16-9-7-13(4)20-16)19-15-8-6-11(2)10-12(15)3/h6-10,14,17H,5,18H2,1-4H3. The van der Waals surface area contributed by atoms with Crippen LogP contribution in [0.4, 0.5) is 0 Å². The minimum absolute atomic E-state index is 0.00810. The lowest BCUT2D eigenvalue weighted by molar-refractivity contribution is 0.173. The Balaban J connectivity index is 2.28. The van der Waals surface area contributed by atoms with E-state index in [4.69, 9.17) is 10.5 Å².